The van der Waals surface area contributed by atoms with Gasteiger partial charge in [-0.05, 0) is 26.0 Å². The quantitative estimate of drug-likeness (QED) is 0.745. The Bertz CT molecular complexity index is 363. The van der Waals surface area contributed by atoms with Crippen LogP contribution in [0.25, 0.3) is 0 Å². The molecule has 1 aliphatic rings. The molecular weight excluding hydrogens is 216 g/mol. The maximum absolute atomic E-state index is 5.78. The van der Waals surface area contributed by atoms with E-state index in [0.717, 1.165) is 17.2 Å². The van der Waals surface area contributed by atoms with E-state index in [1.54, 1.807) is 0 Å². The van der Waals surface area contributed by atoms with Crippen molar-refractivity contribution in [1.82, 2.24) is 0 Å². The molecule has 0 bridgehead atoms. The standard InChI is InChI=1S/C11H13ClO3/c1-11(2,6-12)15-8-3-4-9-10(5-8)14-7-13-9/h3-5H,6-7H2,1-2H3. The molecule has 0 fully saturated rings. The Morgan fingerprint density at radius 1 is 1.33 bits per heavy atom. The Balaban J connectivity index is 2.17. The van der Waals surface area contributed by atoms with E-state index in [9.17, 15) is 0 Å². The lowest BCUT2D eigenvalue weighted by Crippen LogP contribution is -2.30. The highest BCUT2D eigenvalue weighted by molar-refractivity contribution is 6.18. The van der Waals surface area contributed by atoms with Gasteiger partial charge in [-0.3, -0.25) is 0 Å². The Morgan fingerprint density at radius 2 is 2.07 bits per heavy atom. The lowest BCUT2D eigenvalue weighted by atomic mass is 10.2. The van der Waals surface area contributed by atoms with Gasteiger partial charge in [-0.15, -0.1) is 11.6 Å². The Hall–Kier alpha value is -1.09. The lowest BCUT2D eigenvalue weighted by molar-refractivity contribution is 0.134. The fourth-order valence-electron chi connectivity index (χ4n) is 1.29. The van der Waals surface area contributed by atoms with E-state index >= 15 is 0 Å². The van der Waals surface area contributed by atoms with Crippen molar-refractivity contribution < 1.29 is 14.2 Å². The number of hydrogen-bond acceptors (Lipinski definition) is 3. The molecule has 1 aromatic carbocycles. The zero-order valence-corrected chi connectivity index (χ0v) is 9.50. The number of hydrogen-bond donors (Lipinski definition) is 0. The molecule has 0 aromatic heterocycles. The minimum absolute atomic E-state index is 0.275. The topological polar surface area (TPSA) is 27.7 Å². The predicted molar refractivity (Wildman–Crippen MR) is 58.0 cm³/mol. The number of rotatable bonds is 3. The molecule has 1 aromatic rings. The molecule has 0 spiro atoms. The Labute approximate surface area is 93.9 Å². The smallest absolute Gasteiger partial charge is 0.231 e. The summed E-state index contributed by atoms with van der Waals surface area (Å²) in [4.78, 5) is 0. The van der Waals surface area contributed by atoms with Crippen molar-refractivity contribution in [2.24, 2.45) is 0 Å². The van der Waals surface area contributed by atoms with Gasteiger partial charge < -0.3 is 14.2 Å². The second kappa shape index (κ2) is 3.81. The summed E-state index contributed by atoms with van der Waals surface area (Å²) in [6.45, 7) is 4.15. The van der Waals surface area contributed by atoms with Gasteiger partial charge in [-0.1, -0.05) is 0 Å². The molecule has 0 saturated heterocycles. The molecule has 0 radical (unpaired) electrons. The summed E-state index contributed by atoms with van der Waals surface area (Å²) in [5.74, 6) is 2.65. The van der Waals surface area contributed by atoms with Crippen LogP contribution in [0.1, 0.15) is 13.8 Å². The van der Waals surface area contributed by atoms with Gasteiger partial charge in [-0.2, -0.15) is 0 Å². The van der Waals surface area contributed by atoms with Crippen LogP contribution >= 0.6 is 11.6 Å². The molecule has 0 saturated carbocycles. The van der Waals surface area contributed by atoms with E-state index in [4.69, 9.17) is 25.8 Å². The summed E-state index contributed by atoms with van der Waals surface area (Å²) in [6.07, 6.45) is 0. The van der Waals surface area contributed by atoms with E-state index in [1.807, 2.05) is 32.0 Å². The number of ether oxygens (including phenoxy) is 3. The van der Waals surface area contributed by atoms with Crippen molar-refractivity contribution in [2.75, 3.05) is 12.7 Å². The molecule has 0 aliphatic carbocycles. The molecule has 3 nitrogen and oxygen atoms in total. The first-order chi connectivity index (χ1) is 7.11. The molecule has 82 valence electrons. The summed E-state index contributed by atoms with van der Waals surface area (Å²) in [6, 6.07) is 5.50. The number of halogens is 1. The molecule has 15 heavy (non-hydrogen) atoms. The monoisotopic (exact) mass is 228 g/mol. The first kappa shape index (κ1) is 10.4. The van der Waals surface area contributed by atoms with E-state index in [2.05, 4.69) is 0 Å². The van der Waals surface area contributed by atoms with Gasteiger partial charge in [0.25, 0.3) is 0 Å². The first-order valence-corrected chi connectivity index (χ1v) is 5.29. The van der Waals surface area contributed by atoms with E-state index in [-0.39, 0.29) is 12.4 Å². The first-order valence-electron chi connectivity index (χ1n) is 4.75. The average molecular weight is 229 g/mol. The van der Waals surface area contributed by atoms with Crippen LogP contribution in [0.15, 0.2) is 18.2 Å². The van der Waals surface area contributed by atoms with Crippen molar-refractivity contribution >= 4 is 11.6 Å². The Morgan fingerprint density at radius 3 is 2.80 bits per heavy atom. The van der Waals surface area contributed by atoms with Crippen molar-refractivity contribution in [3.63, 3.8) is 0 Å². The van der Waals surface area contributed by atoms with Gasteiger partial charge in [0.05, 0.1) is 5.88 Å². The lowest BCUT2D eigenvalue weighted by Gasteiger charge is -2.23. The molecule has 0 N–H and O–H groups in total. The van der Waals surface area contributed by atoms with E-state index < -0.39 is 0 Å². The van der Waals surface area contributed by atoms with Crippen LogP contribution < -0.4 is 14.2 Å². The predicted octanol–water partition coefficient (Wildman–Crippen LogP) is 2.81. The summed E-state index contributed by atoms with van der Waals surface area (Å²) in [7, 11) is 0. The van der Waals surface area contributed by atoms with E-state index in [0.29, 0.717) is 5.88 Å². The van der Waals surface area contributed by atoms with Crippen LogP contribution in [-0.2, 0) is 0 Å². The fraction of sp³-hybridized carbons (Fsp3) is 0.455. The molecule has 1 heterocycles. The SMILES string of the molecule is CC(C)(CCl)Oc1ccc2c(c1)OCO2. The highest BCUT2D eigenvalue weighted by Crippen LogP contribution is 2.36. The Kier molecular flexibility index (Phi) is 2.65. The third-order valence-corrected chi connectivity index (χ3v) is 2.70. The van der Waals surface area contributed by atoms with Crippen LogP contribution in [0.5, 0.6) is 17.2 Å². The molecule has 0 atom stereocenters. The number of benzene rings is 1. The third-order valence-electron chi connectivity index (χ3n) is 2.06. The molecule has 0 amide bonds. The van der Waals surface area contributed by atoms with Gasteiger partial charge in [0.2, 0.25) is 6.79 Å². The minimum Gasteiger partial charge on any atom is -0.486 e. The summed E-state index contributed by atoms with van der Waals surface area (Å²) in [5, 5.41) is 0. The fourth-order valence-corrected chi connectivity index (χ4v) is 1.34. The maximum Gasteiger partial charge on any atom is 0.231 e. The third kappa shape index (κ3) is 2.29. The molecule has 1 aliphatic heterocycles. The van der Waals surface area contributed by atoms with Crippen molar-refractivity contribution in [3.8, 4) is 17.2 Å². The minimum atomic E-state index is -0.380. The molecule has 2 rings (SSSR count). The van der Waals surface area contributed by atoms with Crippen LogP contribution in [0.3, 0.4) is 0 Å². The second-order valence-electron chi connectivity index (χ2n) is 4.01. The van der Waals surface area contributed by atoms with Crippen LogP contribution in [0, 0.1) is 0 Å². The molecular formula is C11H13ClO3. The zero-order chi connectivity index (χ0) is 10.9. The van der Waals surface area contributed by atoms with Crippen molar-refractivity contribution in [3.05, 3.63) is 18.2 Å². The van der Waals surface area contributed by atoms with Gasteiger partial charge in [0.1, 0.15) is 11.4 Å². The van der Waals surface area contributed by atoms with Crippen LogP contribution in [-0.4, -0.2) is 18.3 Å². The number of fused-ring (bicyclic) bond motifs is 1. The van der Waals surface area contributed by atoms with Crippen LogP contribution in [0.4, 0.5) is 0 Å². The zero-order valence-electron chi connectivity index (χ0n) is 8.75. The van der Waals surface area contributed by atoms with Gasteiger partial charge in [-0.25, -0.2) is 0 Å². The van der Waals surface area contributed by atoms with Crippen molar-refractivity contribution in [1.29, 1.82) is 0 Å². The maximum atomic E-state index is 5.78. The second-order valence-corrected chi connectivity index (χ2v) is 4.28. The largest absolute Gasteiger partial charge is 0.486 e. The van der Waals surface area contributed by atoms with E-state index in [1.165, 1.54) is 0 Å². The highest BCUT2D eigenvalue weighted by Gasteiger charge is 2.20. The normalized spacial score (nSPS) is 14.1. The molecule has 4 heteroatoms. The van der Waals surface area contributed by atoms with Crippen LogP contribution in [0.2, 0.25) is 0 Å². The number of alkyl halides is 1. The summed E-state index contributed by atoms with van der Waals surface area (Å²) in [5.41, 5.74) is -0.380. The van der Waals surface area contributed by atoms with Crippen molar-refractivity contribution in [2.45, 2.75) is 19.4 Å². The average Bonchev–Trinajstić information content (AvgIpc) is 2.64. The van der Waals surface area contributed by atoms with Gasteiger partial charge in [0, 0.05) is 6.07 Å². The highest BCUT2D eigenvalue weighted by atomic mass is 35.5. The molecule has 0 unspecified atom stereocenters. The van der Waals surface area contributed by atoms with Gasteiger partial charge in [0.15, 0.2) is 11.5 Å². The summed E-state index contributed by atoms with van der Waals surface area (Å²) >= 11 is 5.78. The van der Waals surface area contributed by atoms with Gasteiger partial charge >= 0.3 is 0 Å². The summed E-state index contributed by atoms with van der Waals surface area (Å²) < 4.78 is 16.2.